The van der Waals surface area contributed by atoms with Crippen LogP contribution in [0, 0.1) is 5.92 Å². The number of aliphatic hydroxyl groups is 1. The first-order valence-corrected chi connectivity index (χ1v) is 11.2. The van der Waals surface area contributed by atoms with E-state index < -0.39 is 5.60 Å². The van der Waals surface area contributed by atoms with E-state index in [0.29, 0.717) is 25.1 Å². The van der Waals surface area contributed by atoms with Crippen LogP contribution in [0.3, 0.4) is 0 Å². The highest BCUT2D eigenvalue weighted by Gasteiger charge is 2.26. The Labute approximate surface area is 194 Å². The quantitative estimate of drug-likeness (QED) is 0.218. The predicted octanol–water partition coefficient (Wildman–Crippen LogP) is 2.23. The second-order valence-corrected chi connectivity index (χ2v) is 8.33. The third-order valence-corrected chi connectivity index (χ3v) is 5.62. The molecule has 2 aliphatic rings. The van der Waals surface area contributed by atoms with Gasteiger partial charge in [-0.3, -0.25) is 9.89 Å². The minimum Gasteiger partial charge on any atom is -0.387 e. The van der Waals surface area contributed by atoms with Gasteiger partial charge in [-0.2, -0.15) is 0 Å². The molecule has 3 N–H and O–H groups in total. The van der Waals surface area contributed by atoms with E-state index in [1.54, 1.807) is 0 Å². The molecule has 1 saturated carbocycles. The Bertz CT molecular complexity index is 453. The van der Waals surface area contributed by atoms with E-state index >= 15 is 0 Å². The summed E-state index contributed by atoms with van der Waals surface area (Å²) in [6.45, 7) is 12.6. The molecule has 7 nitrogen and oxygen atoms in total. The van der Waals surface area contributed by atoms with Crippen LogP contribution in [-0.2, 0) is 9.47 Å². The van der Waals surface area contributed by atoms with Gasteiger partial charge in [0, 0.05) is 39.3 Å². The average molecular weight is 527 g/mol. The number of halogens is 1. The second-order valence-electron chi connectivity index (χ2n) is 8.33. The van der Waals surface area contributed by atoms with Gasteiger partial charge in [-0.05, 0) is 46.0 Å². The van der Waals surface area contributed by atoms with Crippen LogP contribution in [0.25, 0.3) is 0 Å². The third kappa shape index (κ3) is 10.6. The SMILES string of the molecule is CCNC(=NCC(C)(O)CN1CCOCC1)NCCC(OCC)C1CCCC1.I. The zero-order valence-corrected chi connectivity index (χ0v) is 21.0. The molecular weight excluding hydrogens is 483 g/mol. The molecule has 1 aliphatic heterocycles. The van der Waals surface area contributed by atoms with E-state index in [1.807, 2.05) is 6.92 Å². The van der Waals surface area contributed by atoms with E-state index in [0.717, 1.165) is 58.4 Å². The van der Waals surface area contributed by atoms with Crippen molar-refractivity contribution in [3.05, 3.63) is 0 Å². The standard InChI is InChI=1S/C21H42N4O3.HI/c1-4-22-20(23-11-10-19(28-5-2)18-8-6-7-9-18)24-16-21(3,26)17-25-12-14-27-15-13-25;/h18-19,26H,4-17H2,1-3H3,(H2,22,23,24);1H. The van der Waals surface area contributed by atoms with Crippen LogP contribution in [0.2, 0.25) is 0 Å². The topological polar surface area (TPSA) is 78.4 Å². The highest BCUT2D eigenvalue weighted by atomic mass is 127. The molecule has 1 saturated heterocycles. The molecule has 0 aromatic rings. The number of hydrogen-bond donors (Lipinski definition) is 3. The largest absolute Gasteiger partial charge is 0.387 e. The Morgan fingerprint density at radius 1 is 1.24 bits per heavy atom. The van der Waals surface area contributed by atoms with E-state index in [-0.39, 0.29) is 24.0 Å². The molecule has 0 aromatic heterocycles. The highest BCUT2D eigenvalue weighted by molar-refractivity contribution is 14.0. The van der Waals surface area contributed by atoms with Gasteiger partial charge in [0.05, 0.1) is 31.5 Å². The number of hydrogen-bond acceptors (Lipinski definition) is 5. The van der Waals surface area contributed by atoms with Gasteiger partial charge in [0.15, 0.2) is 5.96 Å². The second kappa shape index (κ2) is 14.8. The smallest absolute Gasteiger partial charge is 0.191 e. The van der Waals surface area contributed by atoms with Crippen LogP contribution in [0.4, 0.5) is 0 Å². The van der Waals surface area contributed by atoms with E-state index in [2.05, 4.69) is 34.4 Å². The van der Waals surface area contributed by atoms with Crippen molar-refractivity contribution in [2.24, 2.45) is 10.9 Å². The molecule has 2 fully saturated rings. The highest BCUT2D eigenvalue weighted by Crippen LogP contribution is 2.30. The summed E-state index contributed by atoms with van der Waals surface area (Å²) in [5.74, 6) is 1.47. The van der Waals surface area contributed by atoms with E-state index in [9.17, 15) is 5.11 Å². The maximum absolute atomic E-state index is 10.7. The van der Waals surface area contributed by atoms with Crippen molar-refractivity contribution in [2.45, 2.75) is 64.6 Å². The van der Waals surface area contributed by atoms with Crippen molar-refractivity contribution in [3.63, 3.8) is 0 Å². The Morgan fingerprint density at radius 3 is 2.55 bits per heavy atom. The summed E-state index contributed by atoms with van der Waals surface area (Å²) in [5.41, 5.74) is -0.850. The summed E-state index contributed by atoms with van der Waals surface area (Å²) in [4.78, 5) is 6.88. The molecular formula is C21H43IN4O3. The summed E-state index contributed by atoms with van der Waals surface area (Å²) >= 11 is 0. The molecule has 172 valence electrons. The third-order valence-electron chi connectivity index (χ3n) is 5.62. The lowest BCUT2D eigenvalue weighted by atomic mass is 9.98. The Balaban J connectivity index is 0.00000420. The number of nitrogens with zero attached hydrogens (tertiary/aromatic N) is 2. The zero-order valence-electron chi connectivity index (χ0n) is 18.6. The van der Waals surface area contributed by atoms with Gasteiger partial charge in [-0.25, -0.2) is 0 Å². The van der Waals surface area contributed by atoms with Crippen molar-refractivity contribution in [1.82, 2.24) is 15.5 Å². The van der Waals surface area contributed by atoms with E-state index in [4.69, 9.17) is 9.47 Å². The predicted molar refractivity (Wildman–Crippen MR) is 129 cm³/mol. The summed E-state index contributed by atoms with van der Waals surface area (Å²) < 4.78 is 11.4. The summed E-state index contributed by atoms with van der Waals surface area (Å²) in [6, 6.07) is 0. The molecule has 0 radical (unpaired) electrons. The summed E-state index contributed by atoms with van der Waals surface area (Å²) in [5, 5.41) is 17.5. The molecule has 0 bridgehead atoms. The van der Waals surface area contributed by atoms with Crippen LogP contribution < -0.4 is 10.6 Å². The first kappa shape index (κ1) is 26.9. The van der Waals surface area contributed by atoms with Gasteiger partial charge in [0.1, 0.15) is 0 Å². The molecule has 2 rings (SSSR count). The maximum Gasteiger partial charge on any atom is 0.191 e. The fraction of sp³-hybridized carbons (Fsp3) is 0.952. The van der Waals surface area contributed by atoms with Gasteiger partial charge < -0.3 is 25.2 Å². The van der Waals surface area contributed by atoms with E-state index in [1.165, 1.54) is 25.7 Å². The number of β-amino-alcohol motifs (C(OH)–C–C–N with tert-alkyl or cyclic N) is 1. The first-order valence-electron chi connectivity index (χ1n) is 11.2. The molecule has 0 spiro atoms. The van der Waals surface area contributed by atoms with Crippen LogP contribution >= 0.6 is 24.0 Å². The molecule has 2 atom stereocenters. The van der Waals surface area contributed by atoms with Gasteiger partial charge in [0.2, 0.25) is 0 Å². The maximum atomic E-state index is 10.7. The molecule has 0 amide bonds. The molecule has 1 aliphatic carbocycles. The van der Waals surface area contributed by atoms with Gasteiger partial charge in [-0.15, -0.1) is 24.0 Å². The fourth-order valence-electron chi connectivity index (χ4n) is 4.21. The number of guanidine groups is 1. The normalized spacial score (nSPS) is 22.0. The van der Waals surface area contributed by atoms with Gasteiger partial charge >= 0.3 is 0 Å². The van der Waals surface area contributed by atoms with Crippen molar-refractivity contribution in [2.75, 3.05) is 59.1 Å². The number of ether oxygens (including phenoxy) is 2. The minimum atomic E-state index is -0.850. The minimum absolute atomic E-state index is 0. The van der Waals surface area contributed by atoms with Crippen molar-refractivity contribution >= 4 is 29.9 Å². The molecule has 1 heterocycles. The van der Waals surface area contributed by atoms with Crippen LogP contribution in [0.1, 0.15) is 52.9 Å². The van der Waals surface area contributed by atoms with Crippen LogP contribution in [0.15, 0.2) is 4.99 Å². The number of morpholine rings is 1. The lowest BCUT2D eigenvalue weighted by Gasteiger charge is -2.33. The number of rotatable bonds is 11. The lowest BCUT2D eigenvalue weighted by molar-refractivity contribution is -0.0180. The Hall–Kier alpha value is -0.160. The molecule has 8 heteroatoms. The molecule has 29 heavy (non-hydrogen) atoms. The Kier molecular flexibility index (Phi) is 13.7. The first-order chi connectivity index (χ1) is 13.5. The van der Waals surface area contributed by atoms with Gasteiger partial charge in [-0.1, -0.05) is 12.8 Å². The van der Waals surface area contributed by atoms with Crippen molar-refractivity contribution in [3.8, 4) is 0 Å². The lowest BCUT2D eigenvalue weighted by Crippen LogP contribution is -2.48. The summed E-state index contributed by atoms with van der Waals surface area (Å²) in [6.07, 6.45) is 6.60. The zero-order chi connectivity index (χ0) is 20.2. The average Bonchev–Trinajstić information content (AvgIpc) is 3.20. The summed E-state index contributed by atoms with van der Waals surface area (Å²) in [7, 11) is 0. The van der Waals surface area contributed by atoms with Crippen LogP contribution in [-0.4, -0.2) is 86.8 Å². The Morgan fingerprint density at radius 2 is 1.93 bits per heavy atom. The fourth-order valence-corrected chi connectivity index (χ4v) is 4.21. The molecule has 2 unspecified atom stereocenters. The van der Waals surface area contributed by atoms with Crippen molar-refractivity contribution < 1.29 is 14.6 Å². The molecule has 0 aromatic carbocycles. The number of aliphatic imine (C=N–C) groups is 1. The van der Waals surface area contributed by atoms with Gasteiger partial charge in [0.25, 0.3) is 0 Å². The number of nitrogens with one attached hydrogen (secondary N) is 2. The van der Waals surface area contributed by atoms with Crippen LogP contribution in [0.5, 0.6) is 0 Å². The monoisotopic (exact) mass is 526 g/mol. The van der Waals surface area contributed by atoms with Crippen molar-refractivity contribution in [1.29, 1.82) is 0 Å².